The Labute approximate surface area is 99.0 Å². The highest BCUT2D eigenvalue weighted by Gasteiger charge is 2.08. The third-order valence-corrected chi connectivity index (χ3v) is 2.56. The highest BCUT2D eigenvalue weighted by Crippen LogP contribution is 2.28. The SMILES string of the molecule is CCC(=O)Oc1ccc(C=O)c2ccccc12. The van der Waals surface area contributed by atoms with Crippen LogP contribution in [0.3, 0.4) is 0 Å². The number of ether oxygens (including phenoxy) is 1. The summed E-state index contributed by atoms with van der Waals surface area (Å²) in [6, 6.07) is 10.7. The highest BCUT2D eigenvalue weighted by molar-refractivity contribution is 6.01. The average molecular weight is 228 g/mol. The first-order chi connectivity index (χ1) is 8.26. The van der Waals surface area contributed by atoms with Crippen molar-refractivity contribution >= 4 is 23.0 Å². The van der Waals surface area contributed by atoms with Crippen LogP contribution in [0.5, 0.6) is 5.75 Å². The second-order valence-corrected chi connectivity index (χ2v) is 3.64. The molecule has 0 fully saturated rings. The van der Waals surface area contributed by atoms with Crippen LogP contribution in [0.1, 0.15) is 23.7 Å². The first-order valence-electron chi connectivity index (χ1n) is 5.44. The smallest absolute Gasteiger partial charge is 0.310 e. The van der Waals surface area contributed by atoms with Crippen molar-refractivity contribution in [1.82, 2.24) is 0 Å². The molecule has 17 heavy (non-hydrogen) atoms. The molecular weight excluding hydrogens is 216 g/mol. The van der Waals surface area contributed by atoms with Gasteiger partial charge in [0.1, 0.15) is 5.75 Å². The van der Waals surface area contributed by atoms with Gasteiger partial charge in [-0.3, -0.25) is 9.59 Å². The molecule has 0 unspecified atom stereocenters. The molecule has 2 aromatic carbocycles. The molecule has 0 heterocycles. The Hall–Kier alpha value is -2.16. The summed E-state index contributed by atoms with van der Waals surface area (Å²) in [5.41, 5.74) is 0.594. The number of carbonyl (C=O) groups excluding carboxylic acids is 2. The molecule has 3 heteroatoms. The van der Waals surface area contributed by atoms with Gasteiger partial charge in [0, 0.05) is 17.4 Å². The van der Waals surface area contributed by atoms with Gasteiger partial charge in [0.15, 0.2) is 6.29 Å². The van der Waals surface area contributed by atoms with Crippen molar-refractivity contribution in [2.75, 3.05) is 0 Å². The molecule has 0 aliphatic carbocycles. The first-order valence-corrected chi connectivity index (χ1v) is 5.44. The third kappa shape index (κ3) is 2.18. The van der Waals surface area contributed by atoms with Gasteiger partial charge in [-0.25, -0.2) is 0 Å². The molecule has 0 N–H and O–H groups in total. The van der Waals surface area contributed by atoms with E-state index in [9.17, 15) is 9.59 Å². The first kappa shape index (κ1) is 11.3. The minimum atomic E-state index is -0.283. The molecule has 0 aliphatic rings. The molecule has 0 saturated carbocycles. The number of hydrogen-bond donors (Lipinski definition) is 0. The van der Waals surface area contributed by atoms with E-state index < -0.39 is 0 Å². The van der Waals surface area contributed by atoms with Crippen molar-refractivity contribution in [2.24, 2.45) is 0 Å². The summed E-state index contributed by atoms with van der Waals surface area (Å²) >= 11 is 0. The van der Waals surface area contributed by atoms with Crippen LogP contribution in [0.25, 0.3) is 10.8 Å². The van der Waals surface area contributed by atoms with Gasteiger partial charge in [0.2, 0.25) is 0 Å². The second kappa shape index (κ2) is 4.78. The second-order valence-electron chi connectivity index (χ2n) is 3.64. The zero-order chi connectivity index (χ0) is 12.3. The van der Waals surface area contributed by atoms with E-state index in [4.69, 9.17) is 4.74 Å². The van der Waals surface area contributed by atoms with Crippen LogP contribution >= 0.6 is 0 Å². The lowest BCUT2D eigenvalue weighted by molar-refractivity contribution is -0.133. The maximum absolute atomic E-state index is 11.3. The Morgan fingerprint density at radius 2 is 1.88 bits per heavy atom. The van der Waals surface area contributed by atoms with Gasteiger partial charge in [-0.1, -0.05) is 31.2 Å². The predicted molar refractivity (Wildman–Crippen MR) is 65.3 cm³/mol. The van der Waals surface area contributed by atoms with Crippen LogP contribution in [0, 0.1) is 0 Å². The Morgan fingerprint density at radius 1 is 1.18 bits per heavy atom. The lowest BCUT2D eigenvalue weighted by Crippen LogP contribution is -2.06. The van der Waals surface area contributed by atoms with Gasteiger partial charge in [0.25, 0.3) is 0 Å². The molecule has 0 spiro atoms. The fourth-order valence-electron chi connectivity index (χ4n) is 1.68. The molecule has 86 valence electrons. The molecule has 0 atom stereocenters. The Bertz CT molecular complexity index is 573. The molecule has 0 aromatic heterocycles. The van der Waals surface area contributed by atoms with Gasteiger partial charge >= 0.3 is 5.97 Å². The largest absolute Gasteiger partial charge is 0.426 e. The summed E-state index contributed by atoms with van der Waals surface area (Å²) < 4.78 is 5.22. The van der Waals surface area contributed by atoms with Gasteiger partial charge < -0.3 is 4.74 Å². The van der Waals surface area contributed by atoms with E-state index in [2.05, 4.69) is 0 Å². The van der Waals surface area contributed by atoms with Crippen molar-refractivity contribution in [3.8, 4) is 5.75 Å². The number of benzene rings is 2. The monoisotopic (exact) mass is 228 g/mol. The van der Waals surface area contributed by atoms with E-state index in [1.54, 1.807) is 19.1 Å². The van der Waals surface area contributed by atoms with Crippen LogP contribution < -0.4 is 4.74 Å². The minimum Gasteiger partial charge on any atom is -0.426 e. The summed E-state index contributed by atoms with van der Waals surface area (Å²) in [6.07, 6.45) is 1.12. The number of carbonyl (C=O) groups is 2. The van der Waals surface area contributed by atoms with Crippen molar-refractivity contribution in [2.45, 2.75) is 13.3 Å². The number of aldehydes is 1. The Kier molecular flexibility index (Phi) is 3.19. The summed E-state index contributed by atoms with van der Waals surface area (Å²) in [4.78, 5) is 22.2. The number of rotatable bonds is 3. The maximum atomic E-state index is 11.3. The normalized spacial score (nSPS) is 10.2. The molecular formula is C14H12O3. The maximum Gasteiger partial charge on any atom is 0.310 e. The van der Waals surface area contributed by atoms with Crippen molar-refractivity contribution in [3.05, 3.63) is 42.0 Å². The standard InChI is InChI=1S/C14H12O3/c1-2-14(16)17-13-8-7-10(9-15)11-5-3-4-6-12(11)13/h3-9H,2H2,1H3. The fourth-order valence-corrected chi connectivity index (χ4v) is 1.68. The zero-order valence-electron chi connectivity index (χ0n) is 9.47. The Balaban J connectivity index is 2.58. The zero-order valence-corrected chi connectivity index (χ0v) is 9.47. The van der Waals surface area contributed by atoms with Gasteiger partial charge in [0.05, 0.1) is 0 Å². The van der Waals surface area contributed by atoms with Gasteiger partial charge in [-0.2, -0.15) is 0 Å². The molecule has 0 saturated heterocycles. The van der Waals surface area contributed by atoms with Crippen molar-refractivity contribution in [3.63, 3.8) is 0 Å². The fraction of sp³-hybridized carbons (Fsp3) is 0.143. The lowest BCUT2D eigenvalue weighted by Gasteiger charge is -2.08. The molecule has 0 aliphatic heterocycles. The van der Waals surface area contributed by atoms with Crippen LogP contribution in [-0.4, -0.2) is 12.3 Å². The van der Waals surface area contributed by atoms with Crippen molar-refractivity contribution in [1.29, 1.82) is 0 Å². The van der Waals surface area contributed by atoms with Crippen LogP contribution in [0.4, 0.5) is 0 Å². The lowest BCUT2D eigenvalue weighted by atomic mass is 10.0. The van der Waals surface area contributed by atoms with Crippen molar-refractivity contribution < 1.29 is 14.3 Å². The summed E-state index contributed by atoms with van der Waals surface area (Å²) in [7, 11) is 0. The third-order valence-electron chi connectivity index (χ3n) is 2.56. The van der Waals surface area contributed by atoms with E-state index in [1.807, 2.05) is 24.3 Å². The Morgan fingerprint density at radius 3 is 2.53 bits per heavy atom. The number of esters is 1. The molecule has 0 amide bonds. The number of hydrogen-bond acceptors (Lipinski definition) is 3. The van der Waals surface area contributed by atoms with E-state index in [0.717, 1.165) is 17.1 Å². The van der Waals surface area contributed by atoms with Gasteiger partial charge in [-0.15, -0.1) is 0 Å². The molecule has 2 rings (SSSR count). The highest BCUT2D eigenvalue weighted by atomic mass is 16.5. The minimum absolute atomic E-state index is 0.283. The quantitative estimate of drug-likeness (QED) is 0.461. The van der Waals surface area contributed by atoms with Crippen LogP contribution in [0.15, 0.2) is 36.4 Å². The summed E-state index contributed by atoms with van der Waals surface area (Å²) in [5.74, 6) is 0.215. The van der Waals surface area contributed by atoms with E-state index in [1.165, 1.54) is 0 Å². The number of fused-ring (bicyclic) bond motifs is 1. The predicted octanol–water partition coefficient (Wildman–Crippen LogP) is 2.97. The summed E-state index contributed by atoms with van der Waals surface area (Å²) in [5, 5.41) is 1.57. The van der Waals surface area contributed by atoms with Crippen LogP contribution in [0.2, 0.25) is 0 Å². The summed E-state index contributed by atoms with van der Waals surface area (Å²) in [6.45, 7) is 1.74. The molecule has 3 nitrogen and oxygen atoms in total. The van der Waals surface area contributed by atoms with E-state index >= 15 is 0 Å². The van der Waals surface area contributed by atoms with Crippen LogP contribution in [-0.2, 0) is 4.79 Å². The average Bonchev–Trinajstić information content (AvgIpc) is 2.39. The molecule has 0 radical (unpaired) electrons. The van der Waals surface area contributed by atoms with Gasteiger partial charge in [-0.05, 0) is 17.5 Å². The molecule has 0 bridgehead atoms. The van der Waals surface area contributed by atoms with E-state index in [-0.39, 0.29) is 5.97 Å². The topological polar surface area (TPSA) is 43.4 Å². The van der Waals surface area contributed by atoms with E-state index in [0.29, 0.717) is 17.7 Å². The molecule has 2 aromatic rings.